The molecule has 0 unspecified atom stereocenters. The van der Waals surface area contributed by atoms with Gasteiger partial charge in [0.05, 0.1) is 5.52 Å². The van der Waals surface area contributed by atoms with Gasteiger partial charge >= 0.3 is 0 Å². The van der Waals surface area contributed by atoms with Crippen molar-refractivity contribution >= 4 is 34.4 Å². The maximum absolute atomic E-state index is 5.75. The van der Waals surface area contributed by atoms with Crippen molar-refractivity contribution < 1.29 is 0 Å². The lowest BCUT2D eigenvalue weighted by Gasteiger charge is -2.05. The number of hydrogen-bond donors (Lipinski definition) is 2. The van der Waals surface area contributed by atoms with Gasteiger partial charge in [-0.15, -0.1) is 0 Å². The van der Waals surface area contributed by atoms with Crippen LogP contribution in [0, 0.1) is 0 Å². The van der Waals surface area contributed by atoms with Crippen molar-refractivity contribution in [1.82, 2.24) is 9.97 Å². The highest BCUT2D eigenvalue weighted by Crippen LogP contribution is 2.28. The first-order chi connectivity index (χ1) is 7.56. The second-order valence-electron chi connectivity index (χ2n) is 3.45. The van der Waals surface area contributed by atoms with Gasteiger partial charge in [0.25, 0.3) is 0 Å². The predicted octanol–water partition coefficient (Wildman–Crippen LogP) is 2.42. The molecule has 0 atom stereocenters. The normalized spacial score (nSPS) is 10.6. The number of allylic oxidation sites excluding steroid dienone is 1. The van der Waals surface area contributed by atoms with Crippen LogP contribution in [0.3, 0.4) is 0 Å². The molecule has 0 bridgehead atoms. The molecule has 5 heteroatoms. The third-order valence-electron chi connectivity index (χ3n) is 2.01. The third kappa shape index (κ3) is 2.09. The minimum atomic E-state index is 0.197. The number of nitrogen functional groups attached to an aromatic ring is 2. The molecule has 4 N–H and O–H groups in total. The molecule has 16 heavy (non-hydrogen) atoms. The van der Waals surface area contributed by atoms with Crippen molar-refractivity contribution in [2.75, 3.05) is 11.5 Å². The summed E-state index contributed by atoms with van der Waals surface area (Å²) in [6.45, 7) is 5.80. The molecule has 0 aliphatic heterocycles. The summed E-state index contributed by atoms with van der Waals surface area (Å²) in [5.41, 5.74) is 12.1. The summed E-state index contributed by atoms with van der Waals surface area (Å²) in [4.78, 5) is 10.2. The maximum Gasteiger partial charge on any atom is 0.222 e. The molecule has 0 aliphatic carbocycles. The Labute approximate surface area is 97.8 Å². The quantitative estimate of drug-likeness (QED) is 0.777. The number of aromatic nitrogens is 2. The molecular formula is C11H12N4S. The van der Waals surface area contributed by atoms with Crippen molar-refractivity contribution in [3.63, 3.8) is 0 Å². The highest BCUT2D eigenvalue weighted by molar-refractivity contribution is 8.03. The van der Waals surface area contributed by atoms with Crippen molar-refractivity contribution in [1.29, 1.82) is 0 Å². The van der Waals surface area contributed by atoms with E-state index in [1.807, 2.05) is 25.1 Å². The van der Waals surface area contributed by atoms with Gasteiger partial charge in [0.2, 0.25) is 5.95 Å². The van der Waals surface area contributed by atoms with E-state index in [2.05, 4.69) is 16.5 Å². The molecule has 0 radical (unpaired) electrons. The van der Waals surface area contributed by atoms with E-state index in [1.54, 1.807) is 11.8 Å². The van der Waals surface area contributed by atoms with Crippen LogP contribution in [0.4, 0.5) is 11.8 Å². The lowest BCUT2D eigenvalue weighted by atomic mass is 10.2. The Morgan fingerprint density at radius 2 is 2.06 bits per heavy atom. The van der Waals surface area contributed by atoms with E-state index >= 15 is 0 Å². The molecule has 0 aliphatic rings. The standard InChI is InChI=1S/C11H12N4S/c1-6(2)16-7-3-4-8-9(5-7)14-11(13)15-10(8)12/h3-5H,1H2,2H3,(H4,12,13,14,15). The van der Waals surface area contributed by atoms with Crippen LogP contribution in [0.5, 0.6) is 0 Å². The molecule has 0 saturated heterocycles. The summed E-state index contributed by atoms with van der Waals surface area (Å²) in [7, 11) is 0. The summed E-state index contributed by atoms with van der Waals surface area (Å²) in [5.74, 6) is 0.608. The average Bonchev–Trinajstić information content (AvgIpc) is 2.15. The van der Waals surface area contributed by atoms with Crippen molar-refractivity contribution in [3.05, 3.63) is 29.7 Å². The number of nitrogens with zero attached hydrogens (tertiary/aromatic N) is 2. The van der Waals surface area contributed by atoms with Crippen LogP contribution < -0.4 is 11.5 Å². The number of thioether (sulfide) groups is 1. The Balaban J connectivity index is 2.57. The second kappa shape index (κ2) is 4.02. The summed E-state index contributed by atoms with van der Waals surface area (Å²) >= 11 is 1.59. The van der Waals surface area contributed by atoms with E-state index in [0.717, 1.165) is 20.7 Å². The zero-order valence-electron chi connectivity index (χ0n) is 8.90. The monoisotopic (exact) mass is 232 g/mol. The van der Waals surface area contributed by atoms with Gasteiger partial charge in [-0.05, 0) is 30.0 Å². The van der Waals surface area contributed by atoms with E-state index in [1.165, 1.54) is 0 Å². The largest absolute Gasteiger partial charge is 0.383 e. The molecule has 1 aromatic carbocycles. The van der Waals surface area contributed by atoms with E-state index in [0.29, 0.717) is 5.82 Å². The third-order valence-corrected chi connectivity index (χ3v) is 2.85. The molecule has 1 heterocycles. The first kappa shape index (κ1) is 10.8. The Bertz CT molecular complexity index is 565. The van der Waals surface area contributed by atoms with Crippen LogP contribution >= 0.6 is 11.8 Å². The SMILES string of the molecule is C=C(C)Sc1ccc2c(N)nc(N)nc2c1. The minimum Gasteiger partial charge on any atom is -0.383 e. The molecule has 0 spiro atoms. The zero-order valence-corrected chi connectivity index (χ0v) is 9.71. The molecule has 2 aromatic rings. The van der Waals surface area contributed by atoms with Crippen LogP contribution in [-0.2, 0) is 0 Å². The molecule has 2 rings (SSSR count). The van der Waals surface area contributed by atoms with E-state index in [4.69, 9.17) is 11.5 Å². The second-order valence-corrected chi connectivity index (χ2v) is 4.82. The fourth-order valence-electron chi connectivity index (χ4n) is 1.42. The maximum atomic E-state index is 5.75. The number of benzene rings is 1. The van der Waals surface area contributed by atoms with Crippen LogP contribution in [0.15, 0.2) is 34.6 Å². The molecule has 0 fully saturated rings. The Morgan fingerprint density at radius 3 is 2.75 bits per heavy atom. The molecular weight excluding hydrogens is 220 g/mol. The van der Waals surface area contributed by atoms with Crippen LogP contribution in [0.1, 0.15) is 6.92 Å². The Kier molecular flexibility index (Phi) is 2.70. The van der Waals surface area contributed by atoms with Crippen LogP contribution in [0.2, 0.25) is 0 Å². The number of hydrogen-bond acceptors (Lipinski definition) is 5. The lowest BCUT2D eigenvalue weighted by Crippen LogP contribution is -2.00. The van der Waals surface area contributed by atoms with Gasteiger partial charge in [-0.25, -0.2) is 4.98 Å². The summed E-state index contributed by atoms with van der Waals surface area (Å²) < 4.78 is 0. The first-order valence-electron chi connectivity index (χ1n) is 4.72. The number of fused-ring (bicyclic) bond motifs is 1. The Hall–Kier alpha value is -1.75. The smallest absolute Gasteiger partial charge is 0.222 e. The summed E-state index contributed by atoms with van der Waals surface area (Å²) in [5, 5.41) is 0.820. The van der Waals surface area contributed by atoms with Crippen molar-refractivity contribution in [2.45, 2.75) is 11.8 Å². The molecule has 1 aromatic heterocycles. The molecule has 82 valence electrons. The first-order valence-corrected chi connectivity index (χ1v) is 5.54. The number of rotatable bonds is 2. The number of anilines is 2. The van der Waals surface area contributed by atoms with Gasteiger partial charge in [-0.1, -0.05) is 18.3 Å². The van der Waals surface area contributed by atoms with Crippen molar-refractivity contribution in [2.24, 2.45) is 0 Å². The highest BCUT2D eigenvalue weighted by Gasteiger charge is 2.04. The summed E-state index contributed by atoms with van der Waals surface area (Å²) in [6.07, 6.45) is 0. The van der Waals surface area contributed by atoms with Gasteiger partial charge in [-0.3, -0.25) is 0 Å². The fourth-order valence-corrected chi connectivity index (χ4v) is 2.13. The van der Waals surface area contributed by atoms with Gasteiger partial charge in [0.15, 0.2) is 0 Å². The molecule has 0 saturated carbocycles. The molecule has 4 nitrogen and oxygen atoms in total. The minimum absolute atomic E-state index is 0.197. The van der Waals surface area contributed by atoms with Gasteiger partial charge < -0.3 is 11.5 Å². The van der Waals surface area contributed by atoms with Crippen LogP contribution in [0.25, 0.3) is 10.9 Å². The van der Waals surface area contributed by atoms with Gasteiger partial charge in [0, 0.05) is 10.3 Å². The zero-order chi connectivity index (χ0) is 11.7. The summed E-state index contributed by atoms with van der Waals surface area (Å²) in [6, 6.07) is 5.80. The topological polar surface area (TPSA) is 77.8 Å². The lowest BCUT2D eigenvalue weighted by molar-refractivity contribution is 1.24. The fraction of sp³-hybridized carbons (Fsp3) is 0.0909. The highest BCUT2D eigenvalue weighted by atomic mass is 32.2. The van der Waals surface area contributed by atoms with Crippen LogP contribution in [-0.4, -0.2) is 9.97 Å². The van der Waals surface area contributed by atoms with Gasteiger partial charge in [0.1, 0.15) is 5.82 Å². The number of nitrogens with two attached hydrogens (primary N) is 2. The van der Waals surface area contributed by atoms with Gasteiger partial charge in [-0.2, -0.15) is 4.98 Å². The predicted molar refractivity (Wildman–Crippen MR) is 69.0 cm³/mol. The van der Waals surface area contributed by atoms with Crippen molar-refractivity contribution in [3.8, 4) is 0 Å². The average molecular weight is 232 g/mol. The Morgan fingerprint density at radius 1 is 1.31 bits per heavy atom. The van der Waals surface area contributed by atoms with E-state index in [-0.39, 0.29) is 5.95 Å². The molecule has 0 amide bonds. The van der Waals surface area contributed by atoms with E-state index in [9.17, 15) is 0 Å². The van der Waals surface area contributed by atoms with E-state index < -0.39 is 0 Å².